The van der Waals surface area contributed by atoms with Gasteiger partial charge in [-0.2, -0.15) is 0 Å². The van der Waals surface area contributed by atoms with Crippen molar-refractivity contribution in [1.82, 2.24) is 0 Å². The molecule has 0 nitrogen and oxygen atoms in total. The quantitative estimate of drug-likeness (QED) is 0.360. The Morgan fingerprint density at radius 3 is 1.97 bits per heavy atom. The lowest BCUT2D eigenvalue weighted by Gasteiger charge is -2.00. The van der Waals surface area contributed by atoms with Crippen molar-refractivity contribution >= 4 is 0 Å². The van der Waals surface area contributed by atoms with Gasteiger partial charge in [0.05, 0.1) is 0 Å². The van der Waals surface area contributed by atoms with Crippen LogP contribution in [-0.4, -0.2) is 0 Å². The molecule has 0 heterocycles. The minimum atomic E-state index is 1.05. The molecule has 0 amide bonds. The molecule has 5 rings (SSSR count). The summed E-state index contributed by atoms with van der Waals surface area (Å²) in [5, 5.41) is 0. The summed E-state index contributed by atoms with van der Waals surface area (Å²) in [6.45, 7) is 12.3. The summed E-state index contributed by atoms with van der Waals surface area (Å²) >= 11 is 0. The summed E-state index contributed by atoms with van der Waals surface area (Å²) in [6.07, 6.45) is 33.1. The first kappa shape index (κ1) is 26.0. The first-order chi connectivity index (χ1) is 16.3. The van der Waals surface area contributed by atoms with Gasteiger partial charge in [-0.05, 0) is 109 Å². The average Bonchev–Trinajstić information content (AvgIpc) is 3.10. The van der Waals surface area contributed by atoms with Gasteiger partial charge in [0, 0.05) is 0 Å². The van der Waals surface area contributed by atoms with E-state index in [1.165, 1.54) is 44.6 Å². The van der Waals surface area contributed by atoms with Gasteiger partial charge in [-0.3, -0.25) is 0 Å². The molecule has 0 fully saturated rings. The van der Waals surface area contributed by atoms with Gasteiger partial charge in [0.2, 0.25) is 0 Å². The maximum absolute atomic E-state index is 3.12. The van der Waals surface area contributed by atoms with E-state index in [9.17, 15) is 0 Å². The molecular weight excluding hydrogens is 396 g/mol. The Morgan fingerprint density at radius 1 is 0.727 bits per heavy atom. The van der Waals surface area contributed by atoms with Crippen molar-refractivity contribution in [3.8, 4) is 0 Å². The molecule has 0 aromatic rings. The van der Waals surface area contributed by atoms with Crippen LogP contribution in [0.3, 0.4) is 0 Å². The van der Waals surface area contributed by atoms with E-state index in [1.807, 2.05) is 52.0 Å². The molecule has 0 aliphatic heterocycles. The van der Waals surface area contributed by atoms with E-state index in [-0.39, 0.29) is 0 Å². The number of fused-ring (bicyclic) bond motifs is 3. The zero-order valence-corrected chi connectivity index (χ0v) is 21.2. The van der Waals surface area contributed by atoms with Crippen LogP contribution >= 0.6 is 0 Å². The summed E-state index contributed by atoms with van der Waals surface area (Å²) in [4.78, 5) is 0. The van der Waals surface area contributed by atoms with Crippen LogP contribution in [0.15, 0.2) is 141 Å². The number of allylic oxidation sites excluding steroid dienone is 20. The molecule has 0 N–H and O–H groups in total. The van der Waals surface area contributed by atoms with Crippen LogP contribution in [0.1, 0.15) is 60.8 Å². The topological polar surface area (TPSA) is 0 Å². The lowest BCUT2D eigenvalue weighted by Crippen LogP contribution is -1.82. The minimum Gasteiger partial charge on any atom is -0.121 e. The van der Waals surface area contributed by atoms with Gasteiger partial charge in [-0.15, -0.1) is 11.5 Å². The maximum atomic E-state index is 3.12. The molecule has 0 spiro atoms. The molecule has 0 aromatic heterocycles. The third kappa shape index (κ3) is 6.59. The van der Waals surface area contributed by atoms with E-state index in [1.54, 1.807) is 0 Å². The van der Waals surface area contributed by atoms with Crippen molar-refractivity contribution in [1.29, 1.82) is 0 Å². The second kappa shape index (κ2) is 14.0. The predicted molar refractivity (Wildman–Crippen MR) is 147 cm³/mol. The molecule has 33 heavy (non-hydrogen) atoms. The SMILES string of the molecule is C/C=C\C1=C(C)CC2=CC=C=CC=C21.C1=CC=C2CC3=C(C=CCC=C3)C2=CC=1.CC.CC. The molecule has 0 unspecified atom stereocenters. The second-order valence-corrected chi connectivity index (χ2v) is 7.57. The van der Waals surface area contributed by atoms with Gasteiger partial charge >= 0.3 is 0 Å². The first-order valence-electron chi connectivity index (χ1n) is 12.3. The molecule has 0 aromatic carbocycles. The highest BCUT2D eigenvalue weighted by molar-refractivity contribution is 5.66. The van der Waals surface area contributed by atoms with Crippen molar-refractivity contribution < 1.29 is 0 Å². The van der Waals surface area contributed by atoms with Gasteiger partial charge in [0.15, 0.2) is 0 Å². The van der Waals surface area contributed by atoms with E-state index < -0.39 is 0 Å². The standard InChI is InChI=1S/C15H12.C14H14.2C2H6/c1-3-7-12-11-13-8-4-2-6-10-15(13)14(12)9-5-1;1-3-7-13-11(2)10-12-8-5-4-6-9-14(12)13;2*1-2/h3-10H,1,11H2;3,5-9H,10H2,1-2H3;2*1-2H3/b;7-3-;;. The fourth-order valence-electron chi connectivity index (χ4n) is 4.20. The van der Waals surface area contributed by atoms with Gasteiger partial charge in [0.25, 0.3) is 0 Å². The number of rotatable bonds is 1. The molecule has 5 aliphatic rings. The highest BCUT2D eigenvalue weighted by atomic mass is 14.2. The van der Waals surface area contributed by atoms with Gasteiger partial charge < -0.3 is 0 Å². The van der Waals surface area contributed by atoms with Crippen LogP contribution in [0.5, 0.6) is 0 Å². The van der Waals surface area contributed by atoms with E-state index in [0.717, 1.165) is 19.3 Å². The average molecular weight is 435 g/mol. The Morgan fingerprint density at radius 2 is 1.30 bits per heavy atom. The van der Waals surface area contributed by atoms with Crippen LogP contribution < -0.4 is 0 Å². The monoisotopic (exact) mass is 434 g/mol. The summed E-state index contributed by atoms with van der Waals surface area (Å²) in [5.41, 5.74) is 17.5. The molecule has 0 saturated heterocycles. The van der Waals surface area contributed by atoms with Crippen molar-refractivity contribution in [3.05, 3.63) is 141 Å². The molecule has 170 valence electrons. The van der Waals surface area contributed by atoms with Crippen molar-refractivity contribution in [2.45, 2.75) is 60.8 Å². The Balaban J connectivity index is 0.000000204. The molecule has 5 aliphatic carbocycles. The molecule has 0 radical (unpaired) electrons. The largest absolute Gasteiger partial charge is 0.121 e. The summed E-state index contributed by atoms with van der Waals surface area (Å²) < 4.78 is 0. The van der Waals surface area contributed by atoms with Crippen LogP contribution in [0, 0.1) is 0 Å². The molecule has 0 atom stereocenters. The summed E-state index contributed by atoms with van der Waals surface area (Å²) in [7, 11) is 0. The molecule has 0 bridgehead atoms. The third-order valence-corrected chi connectivity index (χ3v) is 5.58. The third-order valence-electron chi connectivity index (χ3n) is 5.58. The van der Waals surface area contributed by atoms with Crippen LogP contribution in [0.25, 0.3) is 0 Å². The van der Waals surface area contributed by atoms with Gasteiger partial charge in [0.1, 0.15) is 0 Å². The Kier molecular flexibility index (Phi) is 11.0. The van der Waals surface area contributed by atoms with E-state index in [2.05, 4.69) is 86.1 Å². The molecule has 0 heteroatoms. The maximum Gasteiger partial charge on any atom is -0.00133 e. The molecule has 0 saturated carbocycles. The number of hydrogen-bond acceptors (Lipinski definition) is 0. The zero-order valence-electron chi connectivity index (χ0n) is 21.2. The lowest BCUT2D eigenvalue weighted by atomic mass is 10.0. The lowest BCUT2D eigenvalue weighted by molar-refractivity contribution is 1.20. The van der Waals surface area contributed by atoms with Gasteiger partial charge in [-0.1, -0.05) is 81.9 Å². The van der Waals surface area contributed by atoms with E-state index >= 15 is 0 Å². The fraction of sp³-hybridized carbons (Fsp3) is 0.273. The van der Waals surface area contributed by atoms with Crippen molar-refractivity contribution in [2.75, 3.05) is 0 Å². The Bertz CT molecular complexity index is 1120. The Labute approximate surface area is 201 Å². The second-order valence-electron chi connectivity index (χ2n) is 7.57. The fourth-order valence-corrected chi connectivity index (χ4v) is 4.20. The van der Waals surface area contributed by atoms with Crippen LogP contribution in [0.4, 0.5) is 0 Å². The van der Waals surface area contributed by atoms with E-state index in [0.29, 0.717) is 0 Å². The number of hydrogen-bond donors (Lipinski definition) is 0. The summed E-state index contributed by atoms with van der Waals surface area (Å²) in [6, 6.07) is 0. The smallest absolute Gasteiger partial charge is 0.00133 e. The molecular formula is C33H38. The predicted octanol–water partition coefficient (Wildman–Crippen LogP) is 9.69. The van der Waals surface area contributed by atoms with Crippen molar-refractivity contribution in [3.63, 3.8) is 0 Å². The Hall–Kier alpha value is -3.30. The van der Waals surface area contributed by atoms with E-state index in [4.69, 9.17) is 0 Å². The highest BCUT2D eigenvalue weighted by Crippen LogP contribution is 2.39. The normalized spacial score (nSPS) is 18.7. The minimum absolute atomic E-state index is 1.05. The van der Waals surface area contributed by atoms with Crippen LogP contribution in [-0.2, 0) is 0 Å². The first-order valence-corrected chi connectivity index (χ1v) is 12.3. The zero-order chi connectivity index (χ0) is 24.1. The van der Waals surface area contributed by atoms with Crippen LogP contribution in [0.2, 0.25) is 0 Å². The summed E-state index contributed by atoms with van der Waals surface area (Å²) in [5.74, 6) is 0. The highest BCUT2D eigenvalue weighted by Gasteiger charge is 2.21. The van der Waals surface area contributed by atoms with Gasteiger partial charge in [-0.25, -0.2) is 0 Å². The van der Waals surface area contributed by atoms with Crippen molar-refractivity contribution in [2.24, 2.45) is 0 Å².